The summed E-state index contributed by atoms with van der Waals surface area (Å²) in [5.74, 6) is 1.66. The molecule has 0 saturated carbocycles. The first-order chi connectivity index (χ1) is 20.1. The van der Waals surface area contributed by atoms with E-state index in [2.05, 4.69) is 20.7 Å². The average Bonchev–Trinajstić information content (AvgIpc) is 3.44. The molecule has 1 amide bonds. The van der Waals surface area contributed by atoms with Crippen LogP contribution in [0.15, 0.2) is 113 Å². The number of hydrogen-bond donors (Lipinski definition) is 1. The van der Waals surface area contributed by atoms with Gasteiger partial charge in [-0.1, -0.05) is 71.9 Å². The van der Waals surface area contributed by atoms with E-state index in [0.29, 0.717) is 34.1 Å². The summed E-state index contributed by atoms with van der Waals surface area (Å²) >= 11 is 7.34. The highest BCUT2D eigenvalue weighted by Gasteiger charge is 2.17. The molecule has 206 valence electrons. The number of methoxy groups -OCH3 is 1. The van der Waals surface area contributed by atoms with Crippen LogP contribution in [0.4, 0.5) is 0 Å². The summed E-state index contributed by atoms with van der Waals surface area (Å²) in [4.78, 5) is 12.6. The van der Waals surface area contributed by atoms with Gasteiger partial charge < -0.3 is 9.47 Å². The molecule has 1 N–H and O–H groups in total. The van der Waals surface area contributed by atoms with Crippen LogP contribution in [0.1, 0.15) is 11.1 Å². The molecule has 1 aromatic heterocycles. The van der Waals surface area contributed by atoms with Gasteiger partial charge in [0, 0.05) is 16.3 Å². The molecule has 0 aliphatic rings. The van der Waals surface area contributed by atoms with E-state index in [1.165, 1.54) is 11.8 Å². The van der Waals surface area contributed by atoms with Crippen molar-refractivity contribution in [1.82, 2.24) is 20.2 Å². The lowest BCUT2D eigenvalue weighted by Gasteiger charge is -2.11. The minimum absolute atomic E-state index is 0.0942. The van der Waals surface area contributed by atoms with Gasteiger partial charge in [0.05, 0.1) is 19.1 Å². The van der Waals surface area contributed by atoms with E-state index in [-0.39, 0.29) is 11.7 Å². The fourth-order valence-electron chi connectivity index (χ4n) is 3.92. The molecular weight excluding hydrogens is 558 g/mol. The smallest absolute Gasteiger partial charge is 0.250 e. The van der Waals surface area contributed by atoms with E-state index in [4.69, 9.17) is 21.1 Å². The maximum atomic E-state index is 12.6. The van der Waals surface area contributed by atoms with E-state index in [1.54, 1.807) is 31.5 Å². The lowest BCUT2D eigenvalue weighted by molar-refractivity contribution is -0.118. The quantitative estimate of drug-likeness (QED) is 0.110. The van der Waals surface area contributed by atoms with Gasteiger partial charge in [-0.2, -0.15) is 5.10 Å². The van der Waals surface area contributed by atoms with Crippen LogP contribution in [0.2, 0.25) is 5.02 Å². The zero-order valence-electron chi connectivity index (χ0n) is 22.1. The number of nitrogens with zero attached hydrogens (tertiary/aromatic N) is 4. The second-order valence-electron chi connectivity index (χ2n) is 8.75. The molecule has 0 spiro atoms. The number of nitrogens with one attached hydrogen (secondary N) is 1. The van der Waals surface area contributed by atoms with Crippen molar-refractivity contribution in [2.75, 3.05) is 12.9 Å². The molecule has 0 aliphatic heterocycles. The van der Waals surface area contributed by atoms with Gasteiger partial charge in [0.15, 0.2) is 22.5 Å². The van der Waals surface area contributed by atoms with Crippen LogP contribution < -0.4 is 14.9 Å². The summed E-state index contributed by atoms with van der Waals surface area (Å²) in [5, 5.41) is 14.1. The Balaban J connectivity index is 1.23. The van der Waals surface area contributed by atoms with Gasteiger partial charge in [-0.15, -0.1) is 10.2 Å². The van der Waals surface area contributed by atoms with Crippen LogP contribution in [-0.2, 0) is 11.4 Å². The van der Waals surface area contributed by atoms with Crippen molar-refractivity contribution in [2.45, 2.75) is 11.8 Å². The lowest BCUT2D eigenvalue weighted by atomic mass is 10.2. The summed E-state index contributed by atoms with van der Waals surface area (Å²) < 4.78 is 13.3. The monoisotopic (exact) mass is 583 g/mol. The van der Waals surface area contributed by atoms with Gasteiger partial charge in [-0.3, -0.25) is 9.36 Å². The number of rotatable bonds is 11. The molecular formula is C31H26ClN5O3S. The maximum Gasteiger partial charge on any atom is 0.250 e. The maximum absolute atomic E-state index is 12.6. The lowest BCUT2D eigenvalue weighted by Crippen LogP contribution is -2.20. The molecule has 41 heavy (non-hydrogen) atoms. The third kappa shape index (κ3) is 7.33. The van der Waals surface area contributed by atoms with Gasteiger partial charge in [0.1, 0.15) is 6.61 Å². The summed E-state index contributed by atoms with van der Waals surface area (Å²) in [6.07, 6.45) is 1.56. The van der Waals surface area contributed by atoms with Crippen LogP contribution in [0.3, 0.4) is 0 Å². The Morgan fingerprint density at radius 1 is 0.951 bits per heavy atom. The van der Waals surface area contributed by atoms with Crippen molar-refractivity contribution in [3.05, 3.63) is 119 Å². The highest BCUT2D eigenvalue weighted by Crippen LogP contribution is 2.29. The predicted molar refractivity (Wildman–Crippen MR) is 162 cm³/mol. The first-order valence-corrected chi connectivity index (χ1v) is 14.0. The molecule has 0 aliphatic carbocycles. The molecule has 4 aromatic carbocycles. The Morgan fingerprint density at radius 2 is 1.68 bits per heavy atom. The molecule has 1 heterocycles. The minimum atomic E-state index is -0.282. The van der Waals surface area contributed by atoms with E-state index >= 15 is 0 Å². The van der Waals surface area contributed by atoms with E-state index in [9.17, 15) is 4.79 Å². The van der Waals surface area contributed by atoms with Crippen LogP contribution in [0.5, 0.6) is 11.5 Å². The van der Waals surface area contributed by atoms with E-state index in [0.717, 1.165) is 22.4 Å². The molecule has 0 radical (unpaired) electrons. The molecule has 0 atom stereocenters. The van der Waals surface area contributed by atoms with E-state index < -0.39 is 0 Å². The summed E-state index contributed by atoms with van der Waals surface area (Å²) in [6, 6.07) is 32.4. The average molecular weight is 584 g/mol. The highest BCUT2D eigenvalue weighted by molar-refractivity contribution is 7.99. The van der Waals surface area contributed by atoms with Gasteiger partial charge in [-0.25, -0.2) is 5.43 Å². The number of carbonyl (C=O) groups is 1. The number of ether oxygens (including phenoxy) is 2. The van der Waals surface area contributed by atoms with Gasteiger partial charge >= 0.3 is 0 Å². The van der Waals surface area contributed by atoms with Crippen LogP contribution in [-0.4, -0.2) is 39.7 Å². The molecule has 10 heteroatoms. The Morgan fingerprint density at radius 3 is 2.41 bits per heavy atom. The number of thioether (sulfide) groups is 1. The van der Waals surface area contributed by atoms with Crippen LogP contribution in [0.25, 0.3) is 17.1 Å². The van der Waals surface area contributed by atoms with Crippen molar-refractivity contribution >= 4 is 35.5 Å². The van der Waals surface area contributed by atoms with Gasteiger partial charge in [0.2, 0.25) is 0 Å². The zero-order valence-corrected chi connectivity index (χ0v) is 23.7. The molecule has 0 fully saturated rings. The fourth-order valence-corrected chi connectivity index (χ4v) is 4.79. The van der Waals surface area contributed by atoms with Crippen molar-refractivity contribution in [1.29, 1.82) is 0 Å². The molecule has 0 unspecified atom stereocenters. The largest absolute Gasteiger partial charge is 0.493 e. The van der Waals surface area contributed by atoms with Crippen molar-refractivity contribution < 1.29 is 14.3 Å². The number of benzene rings is 4. The van der Waals surface area contributed by atoms with Gasteiger partial charge in [-0.05, 0) is 65.7 Å². The number of aromatic nitrogens is 3. The van der Waals surface area contributed by atoms with Crippen molar-refractivity contribution in [3.8, 4) is 28.6 Å². The van der Waals surface area contributed by atoms with Gasteiger partial charge in [0.25, 0.3) is 5.91 Å². The molecule has 8 nitrogen and oxygen atoms in total. The first-order valence-electron chi connectivity index (χ1n) is 12.7. The number of amides is 1. The van der Waals surface area contributed by atoms with Crippen LogP contribution in [0, 0.1) is 0 Å². The third-order valence-corrected chi connectivity index (χ3v) is 7.09. The fraction of sp³-hybridized carbons (Fsp3) is 0.0968. The number of hydrazone groups is 1. The normalized spacial score (nSPS) is 11.0. The molecule has 0 bridgehead atoms. The number of para-hydroxylation sites is 1. The Hall–Kier alpha value is -4.60. The third-order valence-electron chi connectivity index (χ3n) is 5.91. The predicted octanol–water partition coefficient (Wildman–Crippen LogP) is 6.42. The molecule has 0 saturated heterocycles. The Bertz CT molecular complexity index is 1630. The second-order valence-corrected chi connectivity index (χ2v) is 10.1. The highest BCUT2D eigenvalue weighted by atomic mass is 35.5. The van der Waals surface area contributed by atoms with E-state index in [1.807, 2.05) is 89.5 Å². The van der Waals surface area contributed by atoms with Crippen LogP contribution >= 0.6 is 23.4 Å². The summed E-state index contributed by atoms with van der Waals surface area (Å²) in [5.41, 5.74) is 6.11. The summed E-state index contributed by atoms with van der Waals surface area (Å²) in [7, 11) is 1.59. The van der Waals surface area contributed by atoms with Crippen molar-refractivity contribution in [3.63, 3.8) is 0 Å². The van der Waals surface area contributed by atoms with Crippen molar-refractivity contribution in [2.24, 2.45) is 5.10 Å². The number of hydrogen-bond acceptors (Lipinski definition) is 7. The number of halogens is 1. The second kappa shape index (κ2) is 13.6. The first kappa shape index (κ1) is 27.9. The SMILES string of the molecule is COc1ccc(C=NNC(=O)CSc2nnc(-c3ccc(Cl)cc3)n2-c2ccccc2)cc1OCc1ccccc1. The zero-order chi connectivity index (χ0) is 28.4. The summed E-state index contributed by atoms with van der Waals surface area (Å²) in [6.45, 7) is 0.402. The molecule has 5 rings (SSSR count). The minimum Gasteiger partial charge on any atom is -0.493 e. The Labute approximate surface area is 247 Å². The topological polar surface area (TPSA) is 90.6 Å². The Kier molecular flexibility index (Phi) is 9.30. The standard InChI is InChI=1S/C31H26ClN5O3S/c1-39-27-17-12-23(18-28(27)40-20-22-8-4-2-5-9-22)19-33-34-29(38)21-41-31-36-35-30(24-13-15-25(32)16-14-24)37(31)26-10-6-3-7-11-26/h2-19H,20-21H2,1H3,(H,34,38). The number of carbonyl (C=O) groups excluding carboxylic acids is 1. The molecule has 5 aromatic rings.